The maximum atomic E-state index is 10.3. The number of carboxylic acids is 1. The molecule has 78 valence electrons. The SMILES string of the molecule is CCCCc1nc(SCC(=O)O)n[nH]1. The van der Waals surface area contributed by atoms with E-state index < -0.39 is 5.97 Å². The van der Waals surface area contributed by atoms with Crippen LogP contribution in [0.2, 0.25) is 0 Å². The van der Waals surface area contributed by atoms with Gasteiger partial charge in [0.15, 0.2) is 0 Å². The molecule has 0 radical (unpaired) electrons. The van der Waals surface area contributed by atoms with E-state index >= 15 is 0 Å². The van der Waals surface area contributed by atoms with Crippen LogP contribution in [0.15, 0.2) is 5.16 Å². The highest BCUT2D eigenvalue weighted by atomic mass is 32.2. The zero-order valence-electron chi connectivity index (χ0n) is 7.99. The lowest BCUT2D eigenvalue weighted by Gasteiger charge is -1.90. The second-order valence-electron chi connectivity index (χ2n) is 2.85. The number of aromatic nitrogens is 3. The summed E-state index contributed by atoms with van der Waals surface area (Å²) in [5.41, 5.74) is 0. The van der Waals surface area contributed by atoms with Crippen molar-refractivity contribution in [1.82, 2.24) is 15.2 Å². The van der Waals surface area contributed by atoms with Crippen molar-refractivity contribution < 1.29 is 9.90 Å². The molecule has 5 nitrogen and oxygen atoms in total. The Bertz CT molecular complexity index is 301. The largest absolute Gasteiger partial charge is 0.481 e. The fraction of sp³-hybridized carbons (Fsp3) is 0.625. The minimum atomic E-state index is -0.852. The zero-order chi connectivity index (χ0) is 10.4. The van der Waals surface area contributed by atoms with Crippen molar-refractivity contribution in [3.8, 4) is 0 Å². The van der Waals surface area contributed by atoms with Crippen molar-refractivity contribution in [2.45, 2.75) is 31.3 Å². The van der Waals surface area contributed by atoms with Gasteiger partial charge in [-0.25, -0.2) is 4.98 Å². The van der Waals surface area contributed by atoms with Gasteiger partial charge in [-0.05, 0) is 6.42 Å². The van der Waals surface area contributed by atoms with Crippen molar-refractivity contribution in [1.29, 1.82) is 0 Å². The van der Waals surface area contributed by atoms with Crippen LogP contribution in [0.4, 0.5) is 0 Å². The monoisotopic (exact) mass is 215 g/mol. The first kappa shape index (κ1) is 11.0. The number of nitrogens with zero attached hydrogens (tertiary/aromatic N) is 2. The fourth-order valence-electron chi connectivity index (χ4n) is 0.925. The number of H-pyrrole nitrogens is 1. The highest BCUT2D eigenvalue weighted by molar-refractivity contribution is 7.99. The van der Waals surface area contributed by atoms with Crippen molar-refractivity contribution >= 4 is 17.7 Å². The van der Waals surface area contributed by atoms with Gasteiger partial charge in [-0.2, -0.15) is 0 Å². The summed E-state index contributed by atoms with van der Waals surface area (Å²) in [5.74, 6) is -0.0138. The highest BCUT2D eigenvalue weighted by Gasteiger charge is 2.05. The Hall–Kier alpha value is -1.04. The number of carboxylic acid groups (broad SMARTS) is 1. The molecule has 0 saturated heterocycles. The fourth-order valence-corrected chi connectivity index (χ4v) is 1.46. The van der Waals surface area contributed by atoms with Crippen LogP contribution < -0.4 is 0 Å². The molecule has 0 aromatic carbocycles. The van der Waals surface area contributed by atoms with Gasteiger partial charge in [0.05, 0.1) is 5.75 Å². The molecule has 6 heteroatoms. The number of hydrogen-bond donors (Lipinski definition) is 2. The van der Waals surface area contributed by atoms with Crippen LogP contribution in [0.3, 0.4) is 0 Å². The summed E-state index contributed by atoms with van der Waals surface area (Å²) < 4.78 is 0. The van der Waals surface area contributed by atoms with Gasteiger partial charge in [-0.3, -0.25) is 9.89 Å². The van der Waals surface area contributed by atoms with Gasteiger partial charge in [0.1, 0.15) is 5.82 Å². The van der Waals surface area contributed by atoms with E-state index in [0.29, 0.717) is 5.16 Å². The molecule has 0 unspecified atom stereocenters. The van der Waals surface area contributed by atoms with Gasteiger partial charge in [-0.15, -0.1) is 5.10 Å². The lowest BCUT2D eigenvalue weighted by molar-refractivity contribution is -0.133. The average Bonchev–Trinajstić information content (AvgIpc) is 2.59. The molecule has 0 atom stereocenters. The van der Waals surface area contributed by atoms with E-state index in [1.807, 2.05) is 0 Å². The first-order valence-electron chi connectivity index (χ1n) is 4.48. The van der Waals surface area contributed by atoms with Crippen molar-refractivity contribution in [2.24, 2.45) is 0 Å². The summed E-state index contributed by atoms with van der Waals surface area (Å²) in [6.45, 7) is 2.11. The third kappa shape index (κ3) is 3.78. The number of aryl methyl sites for hydroxylation is 1. The lowest BCUT2D eigenvalue weighted by atomic mass is 10.2. The predicted octanol–water partition coefficient (Wildman–Crippen LogP) is 1.32. The highest BCUT2D eigenvalue weighted by Crippen LogP contribution is 2.12. The van der Waals surface area contributed by atoms with Crippen LogP contribution in [-0.4, -0.2) is 32.0 Å². The Morgan fingerprint density at radius 3 is 3.07 bits per heavy atom. The number of hydrogen-bond acceptors (Lipinski definition) is 4. The maximum absolute atomic E-state index is 10.3. The Balaban J connectivity index is 2.38. The van der Waals surface area contributed by atoms with Gasteiger partial charge >= 0.3 is 5.97 Å². The first-order chi connectivity index (χ1) is 6.72. The number of rotatable bonds is 6. The summed E-state index contributed by atoms with van der Waals surface area (Å²) in [6, 6.07) is 0. The molecular weight excluding hydrogens is 202 g/mol. The molecule has 1 rings (SSSR count). The molecule has 0 aliphatic rings. The molecular formula is C8H13N3O2S. The Morgan fingerprint density at radius 1 is 1.64 bits per heavy atom. The summed E-state index contributed by atoms with van der Waals surface area (Å²) in [5, 5.41) is 15.6. The van der Waals surface area contributed by atoms with Crippen LogP contribution in [0.25, 0.3) is 0 Å². The van der Waals surface area contributed by atoms with Gasteiger partial charge in [0, 0.05) is 6.42 Å². The summed E-state index contributed by atoms with van der Waals surface area (Å²) >= 11 is 1.13. The molecule has 0 aliphatic carbocycles. The van der Waals surface area contributed by atoms with Gasteiger partial charge < -0.3 is 5.11 Å². The smallest absolute Gasteiger partial charge is 0.313 e. The second kappa shape index (κ2) is 5.64. The number of aromatic amines is 1. The molecule has 0 amide bonds. The Kier molecular flexibility index (Phi) is 4.45. The van der Waals surface area contributed by atoms with Gasteiger partial charge in [0.2, 0.25) is 5.16 Å². The zero-order valence-corrected chi connectivity index (χ0v) is 8.80. The lowest BCUT2D eigenvalue weighted by Crippen LogP contribution is -1.97. The molecule has 0 fully saturated rings. The molecule has 1 aromatic rings. The number of thioether (sulfide) groups is 1. The topological polar surface area (TPSA) is 78.9 Å². The van der Waals surface area contributed by atoms with Crippen LogP contribution >= 0.6 is 11.8 Å². The average molecular weight is 215 g/mol. The van der Waals surface area contributed by atoms with E-state index in [0.717, 1.165) is 36.8 Å². The molecule has 14 heavy (non-hydrogen) atoms. The van der Waals surface area contributed by atoms with E-state index in [2.05, 4.69) is 22.1 Å². The van der Waals surface area contributed by atoms with E-state index in [9.17, 15) is 4.79 Å². The van der Waals surface area contributed by atoms with Crippen molar-refractivity contribution in [3.63, 3.8) is 0 Å². The minimum absolute atomic E-state index is 0.00503. The van der Waals surface area contributed by atoms with Crippen LogP contribution in [-0.2, 0) is 11.2 Å². The molecule has 1 aromatic heterocycles. The van der Waals surface area contributed by atoms with Gasteiger partial charge in [0.25, 0.3) is 0 Å². The first-order valence-corrected chi connectivity index (χ1v) is 5.46. The minimum Gasteiger partial charge on any atom is -0.481 e. The standard InChI is InChI=1S/C8H13N3O2S/c1-2-3-4-6-9-8(11-10-6)14-5-7(12)13/h2-5H2,1H3,(H,12,13)(H,9,10,11). The van der Waals surface area contributed by atoms with Crippen molar-refractivity contribution in [3.05, 3.63) is 5.82 Å². The third-order valence-electron chi connectivity index (χ3n) is 1.60. The summed E-state index contributed by atoms with van der Waals surface area (Å²) in [4.78, 5) is 14.4. The number of unbranched alkanes of at least 4 members (excludes halogenated alkanes) is 1. The van der Waals surface area contributed by atoms with Crippen LogP contribution in [0, 0.1) is 0 Å². The number of nitrogens with one attached hydrogen (secondary N) is 1. The number of aliphatic carboxylic acids is 1. The van der Waals surface area contributed by atoms with E-state index in [1.165, 1.54) is 0 Å². The maximum Gasteiger partial charge on any atom is 0.313 e. The van der Waals surface area contributed by atoms with E-state index in [4.69, 9.17) is 5.11 Å². The van der Waals surface area contributed by atoms with E-state index in [1.54, 1.807) is 0 Å². The van der Waals surface area contributed by atoms with E-state index in [-0.39, 0.29) is 5.75 Å². The molecule has 1 heterocycles. The Labute approximate surface area is 86.3 Å². The van der Waals surface area contributed by atoms with Crippen LogP contribution in [0.1, 0.15) is 25.6 Å². The normalized spacial score (nSPS) is 10.4. The third-order valence-corrected chi connectivity index (χ3v) is 2.44. The number of carbonyl (C=O) groups is 1. The Morgan fingerprint density at radius 2 is 2.43 bits per heavy atom. The van der Waals surface area contributed by atoms with Crippen LogP contribution in [0.5, 0.6) is 0 Å². The molecule has 0 aliphatic heterocycles. The predicted molar refractivity (Wildman–Crippen MR) is 53.4 cm³/mol. The summed E-state index contributed by atoms with van der Waals surface area (Å²) in [7, 11) is 0. The summed E-state index contributed by atoms with van der Waals surface area (Å²) in [6.07, 6.45) is 3.05. The molecule has 2 N–H and O–H groups in total. The molecule has 0 saturated carbocycles. The quantitative estimate of drug-likeness (QED) is 0.700. The molecule has 0 bridgehead atoms. The van der Waals surface area contributed by atoms with Crippen molar-refractivity contribution in [2.75, 3.05) is 5.75 Å². The second-order valence-corrected chi connectivity index (χ2v) is 3.79. The van der Waals surface area contributed by atoms with Gasteiger partial charge in [-0.1, -0.05) is 25.1 Å². The molecule has 0 spiro atoms.